The van der Waals surface area contributed by atoms with Gasteiger partial charge in [-0.2, -0.15) is 0 Å². The van der Waals surface area contributed by atoms with E-state index in [4.69, 9.17) is 28.9 Å². The van der Waals surface area contributed by atoms with Crippen molar-refractivity contribution in [3.05, 3.63) is 62.3 Å². The first-order valence-corrected chi connectivity index (χ1v) is 7.42. The lowest BCUT2D eigenvalue weighted by atomic mass is 10.1. The van der Waals surface area contributed by atoms with E-state index in [0.717, 1.165) is 10.2 Å². The zero-order valence-electron chi connectivity index (χ0n) is 10.3. The molecule has 1 unspecified atom stereocenters. The van der Waals surface area contributed by atoms with Gasteiger partial charge in [-0.1, -0.05) is 23.2 Å². The lowest BCUT2D eigenvalue weighted by molar-refractivity contribution is 0.593. The summed E-state index contributed by atoms with van der Waals surface area (Å²) in [4.78, 5) is 0. The quantitative estimate of drug-likeness (QED) is 0.786. The molecule has 6 heteroatoms. The van der Waals surface area contributed by atoms with E-state index in [0.29, 0.717) is 15.6 Å². The molecule has 106 valence electrons. The van der Waals surface area contributed by atoms with Crippen LogP contribution in [0.4, 0.5) is 10.1 Å². The summed E-state index contributed by atoms with van der Waals surface area (Å²) < 4.78 is 14.7. The average molecular weight is 378 g/mol. The Labute approximate surface area is 135 Å². The van der Waals surface area contributed by atoms with Crippen LogP contribution in [0.5, 0.6) is 0 Å². The second kappa shape index (κ2) is 6.76. The maximum atomic E-state index is 13.9. The summed E-state index contributed by atoms with van der Waals surface area (Å²) in [6.07, 6.45) is 0. The minimum atomic E-state index is -0.383. The fourth-order valence-corrected chi connectivity index (χ4v) is 2.44. The van der Waals surface area contributed by atoms with Crippen molar-refractivity contribution < 1.29 is 4.39 Å². The van der Waals surface area contributed by atoms with Gasteiger partial charge in [0.1, 0.15) is 5.82 Å². The number of rotatable bonds is 4. The van der Waals surface area contributed by atoms with Crippen LogP contribution in [0.25, 0.3) is 0 Å². The van der Waals surface area contributed by atoms with E-state index < -0.39 is 0 Å². The summed E-state index contributed by atoms with van der Waals surface area (Å²) in [7, 11) is 0. The van der Waals surface area contributed by atoms with Gasteiger partial charge in [-0.15, -0.1) is 0 Å². The van der Waals surface area contributed by atoms with Gasteiger partial charge in [0.2, 0.25) is 0 Å². The highest BCUT2D eigenvalue weighted by molar-refractivity contribution is 9.10. The Morgan fingerprint density at radius 1 is 1.20 bits per heavy atom. The van der Waals surface area contributed by atoms with Gasteiger partial charge >= 0.3 is 0 Å². The maximum Gasteiger partial charge on any atom is 0.128 e. The third-order valence-corrected chi connectivity index (χ3v) is 4.30. The number of anilines is 1. The molecule has 20 heavy (non-hydrogen) atoms. The fourth-order valence-electron chi connectivity index (χ4n) is 1.83. The third-order valence-electron chi connectivity index (χ3n) is 2.83. The predicted octanol–water partition coefficient (Wildman–Crippen LogP) is 5.01. The molecular formula is C14H12BrCl2FN2. The molecule has 0 amide bonds. The Balaban J connectivity index is 2.28. The van der Waals surface area contributed by atoms with Crippen LogP contribution in [0, 0.1) is 5.82 Å². The smallest absolute Gasteiger partial charge is 0.128 e. The van der Waals surface area contributed by atoms with Crippen molar-refractivity contribution >= 4 is 44.8 Å². The normalized spacial score (nSPS) is 12.2. The molecule has 2 rings (SSSR count). The average Bonchev–Trinajstić information content (AvgIpc) is 2.43. The largest absolute Gasteiger partial charge is 0.377 e. The topological polar surface area (TPSA) is 38.0 Å². The molecule has 2 aromatic carbocycles. The fraction of sp³-hybridized carbons (Fsp3) is 0.143. The van der Waals surface area contributed by atoms with Crippen molar-refractivity contribution in [3.63, 3.8) is 0 Å². The molecule has 0 saturated carbocycles. The number of nitrogens with one attached hydrogen (secondary N) is 1. The molecule has 2 aromatic rings. The molecule has 0 spiro atoms. The van der Waals surface area contributed by atoms with Crippen LogP contribution in [-0.4, -0.2) is 6.54 Å². The van der Waals surface area contributed by atoms with Crippen molar-refractivity contribution in [1.29, 1.82) is 0 Å². The summed E-state index contributed by atoms with van der Waals surface area (Å²) in [5.74, 6) is -0.347. The summed E-state index contributed by atoms with van der Waals surface area (Å²) in [5.41, 5.74) is 6.91. The predicted molar refractivity (Wildman–Crippen MR) is 86.0 cm³/mol. The van der Waals surface area contributed by atoms with E-state index in [1.807, 2.05) is 12.1 Å². The van der Waals surface area contributed by atoms with Gasteiger partial charge in [-0.25, -0.2) is 4.39 Å². The second-order valence-corrected chi connectivity index (χ2v) is 5.93. The standard InChI is InChI=1S/C14H12BrCl2FN2/c15-11-3-2-9(6-12(11)17)20-14(7-19)10-5-8(16)1-4-13(10)18/h1-6,14,20H,7,19H2. The zero-order valence-corrected chi connectivity index (χ0v) is 13.4. The summed E-state index contributed by atoms with van der Waals surface area (Å²) in [5, 5.41) is 4.19. The van der Waals surface area contributed by atoms with Crippen LogP contribution in [0.2, 0.25) is 10.0 Å². The van der Waals surface area contributed by atoms with Crippen LogP contribution in [0.15, 0.2) is 40.9 Å². The van der Waals surface area contributed by atoms with Crippen molar-refractivity contribution in [3.8, 4) is 0 Å². The van der Waals surface area contributed by atoms with E-state index in [9.17, 15) is 4.39 Å². The Morgan fingerprint density at radius 3 is 2.60 bits per heavy atom. The Morgan fingerprint density at radius 2 is 1.95 bits per heavy atom. The Hall–Kier alpha value is -0.810. The van der Waals surface area contributed by atoms with Gasteiger partial charge in [0.05, 0.1) is 11.1 Å². The highest BCUT2D eigenvalue weighted by atomic mass is 79.9. The lowest BCUT2D eigenvalue weighted by Crippen LogP contribution is -2.21. The molecular weight excluding hydrogens is 366 g/mol. The molecule has 0 radical (unpaired) electrons. The molecule has 1 atom stereocenters. The first-order chi connectivity index (χ1) is 9.51. The highest BCUT2D eigenvalue weighted by Crippen LogP contribution is 2.29. The number of hydrogen-bond donors (Lipinski definition) is 2. The van der Waals surface area contributed by atoms with Gasteiger partial charge in [0.15, 0.2) is 0 Å². The maximum absolute atomic E-state index is 13.9. The molecule has 2 nitrogen and oxygen atoms in total. The van der Waals surface area contributed by atoms with Crippen molar-refractivity contribution in [2.45, 2.75) is 6.04 Å². The molecule has 0 aliphatic heterocycles. The van der Waals surface area contributed by atoms with Crippen LogP contribution in [0.3, 0.4) is 0 Å². The van der Waals surface area contributed by atoms with Gasteiger partial charge in [0.25, 0.3) is 0 Å². The Kier molecular flexibility index (Phi) is 5.27. The SMILES string of the molecule is NCC(Nc1ccc(Br)c(Cl)c1)c1cc(Cl)ccc1F. The minimum absolute atomic E-state index is 0.227. The second-order valence-electron chi connectivity index (χ2n) is 4.23. The van der Waals surface area contributed by atoms with Gasteiger partial charge in [-0.05, 0) is 52.3 Å². The molecule has 0 aliphatic rings. The van der Waals surface area contributed by atoms with E-state index >= 15 is 0 Å². The number of benzene rings is 2. The van der Waals surface area contributed by atoms with E-state index in [-0.39, 0.29) is 18.4 Å². The van der Waals surface area contributed by atoms with Crippen LogP contribution < -0.4 is 11.1 Å². The van der Waals surface area contributed by atoms with Gasteiger partial charge in [-0.3, -0.25) is 0 Å². The molecule has 0 heterocycles. The minimum Gasteiger partial charge on any atom is -0.377 e. The van der Waals surface area contributed by atoms with E-state index in [2.05, 4.69) is 21.2 Å². The molecule has 0 aliphatic carbocycles. The number of nitrogens with two attached hydrogens (primary N) is 1. The molecule has 0 bridgehead atoms. The van der Waals surface area contributed by atoms with Crippen molar-refractivity contribution in [1.82, 2.24) is 0 Å². The monoisotopic (exact) mass is 376 g/mol. The van der Waals surface area contributed by atoms with E-state index in [1.54, 1.807) is 12.1 Å². The number of hydrogen-bond acceptors (Lipinski definition) is 2. The molecule has 0 fully saturated rings. The van der Waals surface area contributed by atoms with Crippen molar-refractivity contribution in [2.24, 2.45) is 5.73 Å². The summed E-state index contributed by atoms with van der Waals surface area (Å²) in [6.45, 7) is 0.227. The lowest BCUT2D eigenvalue weighted by Gasteiger charge is -2.20. The Bertz CT molecular complexity index is 622. The third kappa shape index (κ3) is 3.64. The van der Waals surface area contributed by atoms with Gasteiger partial charge < -0.3 is 11.1 Å². The molecule has 0 saturated heterocycles. The van der Waals surface area contributed by atoms with Crippen LogP contribution >= 0.6 is 39.1 Å². The van der Waals surface area contributed by atoms with Crippen LogP contribution in [-0.2, 0) is 0 Å². The highest BCUT2D eigenvalue weighted by Gasteiger charge is 2.15. The van der Waals surface area contributed by atoms with Crippen molar-refractivity contribution in [2.75, 3.05) is 11.9 Å². The van der Waals surface area contributed by atoms with E-state index in [1.165, 1.54) is 12.1 Å². The molecule has 3 N–H and O–H groups in total. The van der Waals surface area contributed by atoms with Crippen LogP contribution in [0.1, 0.15) is 11.6 Å². The summed E-state index contributed by atoms with van der Waals surface area (Å²) in [6, 6.07) is 9.42. The molecule has 0 aromatic heterocycles. The summed E-state index contributed by atoms with van der Waals surface area (Å²) >= 11 is 15.3. The first-order valence-electron chi connectivity index (χ1n) is 5.88. The zero-order chi connectivity index (χ0) is 14.7. The van der Waals surface area contributed by atoms with Gasteiger partial charge in [0, 0.05) is 27.3 Å². The number of halogens is 4. The first kappa shape index (κ1) is 15.6.